The maximum Gasteiger partial charge on any atom is 0.0617 e. The molecule has 2 aliphatic heterocycles. The lowest BCUT2D eigenvalue weighted by molar-refractivity contribution is 0.0637. The number of hydrogen-bond donors (Lipinski definition) is 2. The second-order valence-electron chi connectivity index (χ2n) is 5.69. The molecule has 3 atom stereocenters. The van der Waals surface area contributed by atoms with Crippen molar-refractivity contribution in [3.05, 3.63) is 35.9 Å². The number of piperidine rings is 1. The Balaban J connectivity index is 1.68. The first-order valence-corrected chi connectivity index (χ1v) is 6.94. The maximum absolute atomic E-state index is 9.86. The summed E-state index contributed by atoms with van der Waals surface area (Å²) >= 11 is 0. The van der Waals surface area contributed by atoms with E-state index in [0.717, 1.165) is 26.1 Å². The number of aliphatic hydroxyl groups excluding tert-OH is 1. The third-order valence-corrected chi connectivity index (χ3v) is 4.70. The molecule has 0 spiro atoms. The lowest BCUT2D eigenvalue weighted by Crippen LogP contribution is -2.58. The molecule has 3 unspecified atom stereocenters. The Hall–Kier alpha value is -0.900. The van der Waals surface area contributed by atoms with Crippen LogP contribution in [0.25, 0.3) is 0 Å². The molecule has 2 N–H and O–H groups in total. The van der Waals surface area contributed by atoms with Crippen LogP contribution in [-0.2, 0) is 6.54 Å². The van der Waals surface area contributed by atoms with Gasteiger partial charge >= 0.3 is 0 Å². The highest BCUT2D eigenvalue weighted by molar-refractivity contribution is 5.15. The molecule has 98 valence electrons. The van der Waals surface area contributed by atoms with Gasteiger partial charge in [0, 0.05) is 18.6 Å². The van der Waals surface area contributed by atoms with E-state index < -0.39 is 0 Å². The molecule has 2 fully saturated rings. The SMILES string of the molecule is OCC1(NCc2ccccc2)CCN2CCC1C2. The van der Waals surface area contributed by atoms with Gasteiger partial charge in [-0.05, 0) is 37.4 Å². The Labute approximate surface area is 109 Å². The van der Waals surface area contributed by atoms with Gasteiger partial charge in [-0.15, -0.1) is 0 Å². The molecule has 1 aromatic rings. The fourth-order valence-electron chi connectivity index (χ4n) is 3.42. The van der Waals surface area contributed by atoms with Crippen molar-refractivity contribution in [2.24, 2.45) is 5.92 Å². The fraction of sp³-hybridized carbons (Fsp3) is 0.600. The predicted octanol–water partition coefficient (Wildman–Crippen LogP) is 1.23. The molecule has 0 aliphatic carbocycles. The number of rotatable bonds is 4. The summed E-state index contributed by atoms with van der Waals surface area (Å²) in [6.07, 6.45) is 2.29. The summed E-state index contributed by atoms with van der Waals surface area (Å²) < 4.78 is 0. The first-order valence-electron chi connectivity index (χ1n) is 6.94. The Bertz CT molecular complexity index is 395. The topological polar surface area (TPSA) is 35.5 Å². The number of hydrogen-bond acceptors (Lipinski definition) is 3. The molecule has 2 saturated heterocycles. The van der Waals surface area contributed by atoms with E-state index in [0.29, 0.717) is 5.92 Å². The van der Waals surface area contributed by atoms with Gasteiger partial charge in [-0.3, -0.25) is 0 Å². The molecule has 3 rings (SSSR count). The molecule has 0 amide bonds. The van der Waals surface area contributed by atoms with Crippen molar-refractivity contribution in [1.29, 1.82) is 0 Å². The first-order chi connectivity index (χ1) is 8.82. The van der Waals surface area contributed by atoms with Gasteiger partial charge in [-0.1, -0.05) is 30.3 Å². The van der Waals surface area contributed by atoms with Crippen LogP contribution < -0.4 is 5.32 Å². The summed E-state index contributed by atoms with van der Waals surface area (Å²) in [6.45, 7) is 4.61. The van der Waals surface area contributed by atoms with E-state index in [1.807, 2.05) is 6.07 Å². The highest BCUT2D eigenvalue weighted by atomic mass is 16.3. The van der Waals surface area contributed by atoms with E-state index >= 15 is 0 Å². The molecule has 2 bridgehead atoms. The Morgan fingerprint density at radius 3 is 2.89 bits per heavy atom. The van der Waals surface area contributed by atoms with Crippen LogP contribution in [0.1, 0.15) is 18.4 Å². The highest BCUT2D eigenvalue weighted by Crippen LogP contribution is 2.35. The second-order valence-corrected chi connectivity index (χ2v) is 5.69. The largest absolute Gasteiger partial charge is 0.394 e. The van der Waals surface area contributed by atoms with Crippen molar-refractivity contribution < 1.29 is 5.11 Å². The molecular weight excluding hydrogens is 224 g/mol. The van der Waals surface area contributed by atoms with Gasteiger partial charge in [-0.2, -0.15) is 0 Å². The summed E-state index contributed by atoms with van der Waals surface area (Å²) in [5, 5.41) is 13.5. The lowest BCUT2D eigenvalue weighted by Gasteiger charge is -2.42. The molecular formula is C15H22N2O. The maximum atomic E-state index is 9.86. The number of benzene rings is 1. The third kappa shape index (κ3) is 2.18. The minimum Gasteiger partial charge on any atom is -0.394 e. The summed E-state index contributed by atoms with van der Waals surface area (Å²) in [5.41, 5.74) is 1.24. The summed E-state index contributed by atoms with van der Waals surface area (Å²) in [6, 6.07) is 10.5. The summed E-state index contributed by atoms with van der Waals surface area (Å²) in [7, 11) is 0. The number of nitrogens with one attached hydrogen (secondary N) is 1. The first kappa shape index (κ1) is 12.2. The molecule has 18 heavy (non-hydrogen) atoms. The fourth-order valence-corrected chi connectivity index (χ4v) is 3.42. The molecule has 0 saturated carbocycles. The van der Waals surface area contributed by atoms with Crippen molar-refractivity contribution >= 4 is 0 Å². The molecule has 2 heterocycles. The van der Waals surface area contributed by atoms with Crippen molar-refractivity contribution in [2.75, 3.05) is 26.2 Å². The van der Waals surface area contributed by atoms with Gasteiger partial charge in [0.1, 0.15) is 0 Å². The van der Waals surface area contributed by atoms with E-state index in [9.17, 15) is 5.11 Å². The second kappa shape index (κ2) is 5.00. The van der Waals surface area contributed by atoms with E-state index in [2.05, 4.69) is 34.5 Å². The monoisotopic (exact) mass is 246 g/mol. The molecule has 3 heteroatoms. The van der Waals surface area contributed by atoms with Crippen LogP contribution in [0.15, 0.2) is 30.3 Å². The van der Waals surface area contributed by atoms with Crippen molar-refractivity contribution in [3.8, 4) is 0 Å². The van der Waals surface area contributed by atoms with Crippen molar-refractivity contribution in [3.63, 3.8) is 0 Å². The summed E-state index contributed by atoms with van der Waals surface area (Å²) in [4.78, 5) is 2.52. The zero-order valence-electron chi connectivity index (χ0n) is 10.8. The van der Waals surface area contributed by atoms with Gasteiger partial charge in [0.15, 0.2) is 0 Å². The number of aliphatic hydroxyl groups is 1. The molecule has 3 nitrogen and oxygen atoms in total. The predicted molar refractivity (Wildman–Crippen MR) is 72.3 cm³/mol. The van der Waals surface area contributed by atoms with Crippen LogP contribution in [0.2, 0.25) is 0 Å². The molecule has 1 aromatic carbocycles. The highest BCUT2D eigenvalue weighted by Gasteiger charge is 2.45. The minimum atomic E-state index is -0.0527. The van der Waals surface area contributed by atoms with Crippen LogP contribution in [0, 0.1) is 5.92 Å². The average Bonchev–Trinajstić information content (AvgIpc) is 2.84. The van der Waals surface area contributed by atoms with Gasteiger partial charge in [0.05, 0.1) is 6.61 Å². The standard InChI is InChI=1S/C15H22N2O/c18-12-15(7-9-17-8-6-14(15)11-17)16-10-13-4-2-1-3-5-13/h1-5,14,16,18H,6-12H2. The van der Waals surface area contributed by atoms with Gasteiger partial charge in [0.2, 0.25) is 0 Å². The van der Waals surface area contributed by atoms with E-state index in [1.54, 1.807) is 0 Å². The van der Waals surface area contributed by atoms with Crippen LogP contribution >= 0.6 is 0 Å². The Kier molecular flexibility index (Phi) is 3.37. The van der Waals surface area contributed by atoms with Crippen LogP contribution in [0.5, 0.6) is 0 Å². The van der Waals surface area contributed by atoms with E-state index in [1.165, 1.54) is 18.5 Å². The third-order valence-electron chi connectivity index (χ3n) is 4.70. The van der Waals surface area contributed by atoms with Crippen molar-refractivity contribution in [1.82, 2.24) is 10.2 Å². The van der Waals surface area contributed by atoms with E-state index in [4.69, 9.17) is 0 Å². The zero-order valence-corrected chi connectivity index (χ0v) is 10.8. The normalized spacial score (nSPS) is 34.7. The number of nitrogens with zero attached hydrogens (tertiary/aromatic N) is 1. The Morgan fingerprint density at radius 2 is 2.11 bits per heavy atom. The smallest absolute Gasteiger partial charge is 0.0617 e. The number of fused-ring (bicyclic) bond motifs is 2. The van der Waals surface area contributed by atoms with Crippen molar-refractivity contribution in [2.45, 2.75) is 24.9 Å². The summed E-state index contributed by atoms with van der Waals surface area (Å²) in [5.74, 6) is 0.611. The van der Waals surface area contributed by atoms with Gasteiger partial charge in [-0.25, -0.2) is 0 Å². The van der Waals surface area contributed by atoms with Crippen LogP contribution in [0.3, 0.4) is 0 Å². The quantitative estimate of drug-likeness (QED) is 0.839. The van der Waals surface area contributed by atoms with Crippen LogP contribution in [0.4, 0.5) is 0 Å². The molecule has 0 radical (unpaired) electrons. The van der Waals surface area contributed by atoms with Gasteiger partial charge < -0.3 is 15.3 Å². The molecule has 0 aromatic heterocycles. The lowest BCUT2D eigenvalue weighted by atomic mass is 9.79. The average molecular weight is 246 g/mol. The van der Waals surface area contributed by atoms with Crippen LogP contribution in [-0.4, -0.2) is 41.8 Å². The zero-order chi connectivity index (χ0) is 12.4. The molecule has 2 aliphatic rings. The van der Waals surface area contributed by atoms with E-state index in [-0.39, 0.29) is 12.1 Å². The van der Waals surface area contributed by atoms with Gasteiger partial charge in [0.25, 0.3) is 0 Å². The minimum absolute atomic E-state index is 0.0527. The Morgan fingerprint density at radius 1 is 1.28 bits per heavy atom.